The third-order valence-corrected chi connectivity index (χ3v) is 6.85. The van der Waals surface area contributed by atoms with Crippen molar-refractivity contribution in [1.29, 1.82) is 0 Å². The number of nitrogens with zero attached hydrogens (tertiary/aromatic N) is 2. The van der Waals surface area contributed by atoms with Crippen LogP contribution in [0.1, 0.15) is 28.4 Å². The van der Waals surface area contributed by atoms with Gasteiger partial charge in [0.2, 0.25) is 0 Å². The fraction of sp³-hybridized carbons (Fsp3) is 0.381. The zero-order valence-electron chi connectivity index (χ0n) is 16.9. The molecular weight excluding hydrogens is 448 g/mol. The maximum Gasteiger partial charge on any atom is 0.265 e. The molecule has 1 aliphatic heterocycles. The van der Waals surface area contributed by atoms with E-state index in [0.717, 1.165) is 43.0 Å². The van der Waals surface area contributed by atoms with Crippen molar-refractivity contribution in [3.05, 3.63) is 62.9 Å². The van der Waals surface area contributed by atoms with Crippen LogP contribution in [0.2, 0.25) is 10.0 Å². The average molecular weight is 472 g/mol. The molecule has 2 aromatic rings. The second-order valence-corrected chi connectivity index (χ2v) is 9.47. The molecule has 30 heavy (non-hydrogen) atoms. The molecule has 0 saturated carbocycles. The monoisotopic (exact) mass is 471 g/mol. The first-order valence-electron chi connectivity index (χ1n) is 9.69. The molecule has 2 aromatic carbocycles. The number of rotatable bonds is 6. The predicted molar refractivity (Wildman–Crippen MR) is 121 cm³/mol. The topological polar surface area (TPSA) is 52.7 Å². The van der Waals surface area contributed by atoms with E-state index >= 15 is 0 Å². The van der Waals surface area contributed by atoms with Gasteiger partial charge in [0.1, 0.15) is 16.8 Å². The van der Waals surface area contributed by atoms with Crippen molar-refractivity contribution < 1.29 is 13.4 Å². The van der Waals surface area contributed by atoms with Gasteiger partial charge in [-0.3, -0.25) is 14.4 Å². The molecule has 162 valence electrons. The van der Waals surface area contributed by atoms with E-state index in [1.54, 1.807) is 13.0 Å². The smallest absolute Gasteiger partial charge is 0.265 e. The first-order valence-corrected chi connectivity index (χ1v) is 11.8. The maximum atomic E-state index is 14.5. The molecule has 1 N–H and O–H groups in total. The molecule has 3 rings (SSSR count). The van der Waals surface area contributed by atoms with E-state index in [4.69, 9.17) is 23.2 Å². The fourth-order valence-electron chi connectivity index (χ4n) is 3.38. The van der Waals surface area contributed by atoms with Crippen molar-refractivity contribution in [1.82, 2.24) is 9.62 Å². The predicted octanol–water partition coefficient (Wildman–Crippen LogP) is 4.18. The first kappa shape index (κ1) is 23.0. The van der Waals surface area contributed by atoms with Gasteiger partial charge >= 0.3 is 0 Å². The number of aryl methyl sites for hydroxylation is 1. The highest BCUT2D eigenvalue weighted by atomic mass is 35.5. The molecule has 1 unspecified atom stereocenters. The Labute approximate surface area is 188 Å². The third kappa shape index (κ3) is 5.52. The van der Waals surface area contributed by atoms with Crippen LogP contribution in [0.25, 0.3) is 0 Å². The summed E-state index contributed by atoms with van der Waals surface area (Å²) < 4.78 is 28.4. The molecule has 1 fully saturated rings. The lowest BCUT2D eigenvalue weighted by Crippen LogP contribution is -2.46. The normalized spacial score (nSPS) is 15.8. The van der Waals surface area contributed by atoms with Crippen molar-refractivity contribution in [2.45, 2.75) is 20.4 Å². The van der Waals surface area contributed by atoms with Crippen LogP contribution in [0, 0.1) is 12.7 Å². The lowest BCUT2D eigenvalue weighted by Gasteiger charge is -2.36. The van der Waals surface area contributed by atoms with Crippen molar-refractivity contribution in [2.75, 3.05) is 36.8 Å². The van der Waals surface area contributed by atoms with Crippen LogP contribution in [0.3, 0.4) is 0 Å². The number of halogens is 3. The summed E-state index contributed by atoms with van der Waals surface area (Å²) in [5.41, 5.74) is 2.62. The van der Waals surface area contributed by atoms with Crippen LogP contribution in [0.4, 0.5) is 10.1 Å². The molecule has 0 radical (unpaired) electrons. The number of piperazine rings is 1. The van der Waals surface area contributed by atoms with Gasteiger partial charge in [0.25, 0.3) is 5.91 Å². The van der Waals surface area contributed by atoms with Gasteiger partial charge in [-0.25, -0.2) is 8.60 Å². The minimum absolute atomic E-state index is 0.0810. The Morgan fingerprint density at radius 3 is 2.47 bits per heavy atom. The molecule has 5 nitrogen and oxygen atoms in total. The Bertz CT molecular complexity index is 966. The highest BCUT2D eigenvalue weighted by molar-refractivity contribution is 7.83. The first-order chi connectivity index (χ1) is 14.3. The number of anilines is 1. The van der Waals surface area contributed by atoms with Crippen LogP contribution in [-0.4, -0.2) is 46.9 Å². The summed E-state index contributed by atoms with van der Waals surface area (Å²) in [5, 5.41) is 1.07. The average Bonchev–Trinajstić information content (AvgIpc) is 2.72. The highest BCUT2D eigenvalue weighted by Gasteiger charge is 2.21. The number of benzene rings is 2. The van der Waals surface area contributed by atoms with E-state index in [0.29, 0.717) is 16.6 Å². The summed E-state index contributed by atoms with van der Waals surface area (Å²) >= 11 is 12.1. The number of hydrogen-bond acceptors (Lipinski definition) is 4. The Hall–Kier alpha value is -1.67. The van der Waals surface area contributed by atoms with Gasteiger partial charge in [0.15, 0.2) is 0 Å². The second kappa shape index (κ2) is 10.1. The summed E-state index contributed by atoms with van der Waals surface area (Å²) in [4.78, 5) is 16.6. The minimum Gasteiger partial charge on any atom is -0.369 e. The molecule has 0 bridgehead atoms. The van der Waals surface area contributed by atoms with E-state index < -0.39 is 22.7 Å². The van der Waals surface area contributed by atoms with Crippen LogP contribution >= 0.6 is 23.2 Å². The van der Waals surface area contributed by atoms with Gasteiger partial charge in [0, 0.05) is 44.2 Å². The second-order valence-electron chi connectivity index (χ2n) is 7.19. The molecule has 0 aliphatic carbocycles. The molecule has 1 heterocycles. The van der Waals surface area contributed by atoms with E-state index in [1.807, 2.05) is 19.1 Å². The summed E-state index contributed by atoms with van der Waals surface area (Å²) in [6.07, 6.45) is 0. The summed E-state index contributed by atoms with van der Waals surface area (Å²) in [6, 6.07) is 8.56. The zero-order chi connectivity index (χ0) is 21.8. The lowest BCUT2D eigenvalue weighted by molar-refractivity contribution is 0.0979. The number of amides is 1. The van der Waals surface area contributed by atoms with Gasteiger partial charge in [-0.05, 0) is 48.4 Å². The van der Waals surface area contributed by atoms with Gasteiger partial charge in [-0.15, -0.1) is 0 Å². The van der Waals surface area contributed by atoms with Gasteiger partial charge in [0.05, 0.1) is 15.6 Å². The van der Waals surface area contributed by atoms with E-state index in [2.05, 4.69) is 14.5 Å². The molecule has 1 atom stereocenters. The summed E-state index contributed by atoms with van der Waals surface area (Å²) in [7, 11) is -1.50. The minimum atomic E-state index is -1.50. The van der Waals surface area contributed by atoms with Crippen molar-refractivity contribution in [3.8, 4) is 0 Å². The van der Waals surface area contributed by atoms with E-state index in [1.165, 1.54) is 12.1 Å². The summed E-state index contributed by atoms with van der Waals surface area (Å²) in [5.74, 6) is -0.980. The summed E-state index contributed by atoms with van der Waals surface area (Å²) in [6.45, 7) is 7.42. The van der Waals surface area contributed by atoms with E-state index in [-0.39, 0.29) is 11.3 Å². The van der Waals surface area contributed by atoms with E-state index in [9.17, 15) is 13.4 Å². The van der Waals surface area contributed by atoms with Gasteiger partial charge in [-0.1, -0.05) is 30.1 Å². The number of carbonyl (C=O) groups excluding carboxylic acids is 1. The Kier molecular flexibility index (Phi) is 7.74. The number of nitrogens with one attached hydrogen (secondary N) is 1. The SMILES string of the molecule is CCS(=O)NC(=O)c1cc(C)c(CN2CCN(c3ccc(Cl)c(Cl)c3)CC2)cc1F. The largest absolute Gasteiger partial charge is 0.369 e. The van der Waals surface area contributed by atoms with Gasteiger partial charge in [-0.2, -0.15) is 0 Å². The van der Waals surface area contributed by atoms with Crippen LogP contribution in [0.5, 0.6) is 0 Å². The maximum absolute atomic E-state index is 14.5. The molecule has 0 aromatic heterocycles. The van der Waals surface area contributed by atoms with Crippen molar-refractivity contribution >= 4 is 45.8 Å². The molecule has 0 spiro atoms. The molecule has 1 amide bonds. The molecule has 1 aliphatic rings. The van der Waals surface area contributed by atoms with Crippen LogP contribution in [0.15, 0.2) is 30.3 Å². The Balaban J connectivity index is 1.63. The fourth-order valence-corrected chi connectivity index (χ4v) is 4.14. The van der Waals surface area contributed by atoms with Crippen LogP contribution < -0.4 is 9.62 Å². The van der Waals surface area contributed by atoms with Crippen molar-refractivity contribution in [2.24, 2.45) is 0 Å². The molecular formula is C21H24Cl2FN3O2S. The van der Waals surface area contributed by atoms with Gasteiger partial charge < -0.3 is 4.90 Å². The zero-order valence-corrected chi connectivity index (χ0v) is 19.2. The third-order valence-electron chi connectivity index (χ3n) is 5.17. The Morgan fingerprint density at radius 1 is 1.13 bits per heavy atom. The Morgan fingerprint density at radius 2 is 1.83 bits per heavy atom. The van der Waals surface area contributed by atoms with Crippen molar-refractivity contribution in [3.63, 3.8) is 0 Å². The number of carbonyl (C=O) groups is 1. The quantitative estimate of drug-likeness (QED) is 0.686. The standard InChI is InChI=1S/C21H24Cl2FN3O2S/c1-3-30(29)25-21(28)17-10-14(2)15(11-20(17)24)13-26-6-8-27(9-7-26)16-4-5-18(22)19(23)12-16/h4-5,10-12H,3,6-9,13H2,1-2H3,(H,25,28). The highest BCUT2D eigenvalue weighted by Crippen LogP contribution is 2.28. The van der Waals surface area contributed by atoms with Crippen LogP contribution in [-0.2, 0) is 17.5 Å². The lowest BCUT2D eigenvalue weighted by atomic mass is 10.0. The number of hydrogen-bond donors (Lipinski definition) is 1. The molecule has 1 saturated heterocycles. The molecule has 9 heteroatoms.